The van der Waals surface area contributed by atoms with Gasteiger partial charge in [-0.3, -0.25) is 9.88 Å². The lowest BCUT2D eigenvalue weighted by Gasteiger charge is -2.34. The Bertz CT molecular complexity index is 356. The number of hydrogen-bond donors (Lipinski definition) is 2. The predicted octanol–water partition coefficient (Wildman–Crippen LogP) is 0.887. The highest BCUT2D eigenvalue weighted by molar-refractivity contribution is 5.19. The summed E-state index contributed by atoms with van der Waals surface area (Å²) in [4.78, 5) is 6.65. The van der Waals surface area contributed by atoms with Gasteiger partial charge in [0.05, 0.1) is 12.3 Å². The number of nitrogens with zero attached hydrogens (tertiary/aromatic N) is 2. The number of nitrogens with two attached hydrogens (primary N) is 1. The quantitative estimate of drug-likeness (QED) is 0.813. The molecule has 0 aromatic carbocycles. The minimum Gasteiger partial charge on any atom is -0.395 e. The van der Waals surface area contributed by atoms with Gasteiger partial charge >= 0.3 is 0 Å². The topological polar surface area (TPSA) is 62.4 Å². The number of pyridine rings is 1. The summed E-state index contributed by atoms with van der Waals surface area (Å²) in [5.74, 6) is 0. The Hall–Kier alpha value is -0.970. The van der Waals surface area contributed by atoms with Crippen LogP contribution < -0.4 is 5.73 Å². The van der Waals surface area contributed by atoms with Crippen molar-refractivity contribution in [1.29, 1.82) is 0 Å². The fourth-order valence-electron chi connectivity index (χ4n) is 2.49. The lowest BCUT2D eigenvalue weighted by molar-refractivity contribution is 0.0838. The van der Waals surface area contributed by atoms with Crippen LogP contribution in [0.4, 0.5) is 0 Å². The summed E-state index contributed by atoms with van der Waals surface area (Å²) in [6, 6.07) is 4.33. The van der Waals surface area contributed by atoms with Gasteiger partial charge < -0.3 is 10.8 Å². The van der Waals surface area contributed by atoms with Crippen LogP contribution in [0.15, 0.2) is 18.3 Å². The van der Waals surface area contributed by atoms with Crippen molar-refractivity contribution in [2.24, 2.45) is 5.73 Å². The lowest BCUT2D eigenvalue weighted by Crippen LogP contribution is -2.41. The molecule has 1 aliphatic rings. The Labute approximate surface area is 102 Å². The first-order chi connectivity index (χ1) is 8.35. The summed E-state index contributed by atoms with van der Waals surface area (Å²) < 4.78 is 0. The number of hydrogen-bond acceptors (Lipinski definition) is 4. The van der Waals surface area contributed by atoms with E-state index in [4.69, 9.17) is 5.73 Å². The van der Waals surface area contributed by atoms with Gasteiger partial charge in [0, 0.05) is 25.3 Å². The van der Waals surface area contributed by atoms with Crippen molar-refractivity contribution in [2.45, 2.75) is 38.4 Å². The van der Waals surface area contributed by atoms with Gasteiger partial charge in [0.1, 0.15) is 0 Å². The molecule has 17 heavy (non-hydrogen) atoms. The summed E-state index contributed by atoms with van der Waals surface area (Å²) in [7, 11) is 0. The first kappa shape index (κ1) is 12.5. The second kappa shape index (κ2) is 6.10. The molecule has 0 spiro atoms. The molecular formula is C13H21N3O. The van der Waals surface area contributed by atoms with E-state index in [-0.39, 0.29) is 6.61 Å². The van der Waals surface area contributed by atoms with E-state index in [2.05, 4.69) is 16.0 Å². The van der Waals surface area contributed by atoms with E-state index in [0.29, 0.717) is 12.6 Å². The first-order valence-corrected chi connectivity index (χ1v) is 6.33. The molecule has 1 aromatic heterocycles. The maximum atomic E-state index is 9.38. The molecule has 1 fully saturated rings. The van der Waals surface area contributed by atoms with Crippen LogP contribution in [0.5, 0.6) is 0 Å². The molecule has 0 bridgehead atoms. The van der Waals surface area contributed by atoms with Gasteiger partial charge in [-0.1, -0.05) is 12.5 Å². The van der Waals surface area contributed by atoms with Gasteiger partial charge in [-0.05, 0) is 31.0 Å². The summed E-state index contributed by atoms with van der Waals surface area (Å²) in [6.45, 7) is 2.64. The van der Waals surface area contributed by atoms with Crippen LogP contribution in [0.2, 0.25) is 0 Å². The fourth-order valence-corrected chi connectivity index (χ4v) is 2.49. The van der Waals surface area contributed by atoms with E-state index in [1.807, 2.05) is 6.07 Å². The van der Waals surface area contributed by atoms with Crippen molar-refractivity contribution in [2.75, 3.05) is 13.2 Å². The Morgan fingerprint density at radius 2 is 2.35 bits per heavy atom. The molecule has 0 aliphatic carbocycles. The molecule has 2 rings (SSSR count). The van der Waals surface area contributed by atoms with Crippen LogP contribution in [0.3, 0.4) is 0 Å². The van der Waals surface area contributed by atoms with Crippen molar-refractivity contribution < 1.29 is 5.11 Å². The van der Waals surface area contributed by atoms with Crippen LogP contribution in [0, 0.1) is 0 Å². The highest BCUT2D eigenvalue weighted by Gasteiger charge is 2.22. The standard InChI is InChI=1S/C13H21N3O/c14-8-13-11(4-3-6-15-13)9-16-7-2-1-5-12(16)10-17/h3-4,6,12,17H,1-2,5,7-10,14H2. The summed E-state index contributed by atoms with van der Waals surface area (Å²) in [5, 5.41) is 9.38. The van der Waals surface area contributed by atoms with Gasteiger partial charge in [-0.25, -0.2) is 0 Å². The van der Waals surface area contributed by atoms with E-state index in [0.717, 1.165) is 25.2 Å². The number of aliphatic hydroxyl groups excluding tert-OH is 1. The average Bonchev–Trinajstić information content (AvgIpc) is 2.40. The minimum absolute atomic E-state index is 0.248. The monoisotopic (exact) mass is 235 g/mol. The largest absolute Gasteiger partial charge is 0.395 e. The molecule has 0 radical (unpaired) electrons. The first-order valence-electron chi connectivity index (χ1n) is 6.33. The minimum atomic E-state index is 0.248. The molecule has 1 aromatic rings. The van der Waals surface area contributed by atoms with Crippen molar-refractivity contribution in [1.82, 2.24) is 9.88 Å². The van der Waals surface area contributed by atoms with E-state index < -0.39 is 0 Å². The molecule has 2 heterocycles. The van der Waals surface area contributed by atoms with Crippen LogP contribution in [0.25, 0.3) is 0 Å². The number of likely N-dealkylation sites (tertiary alicyclic amines) is 1. The maximum absolute atomic E-state index is 9.38. The van der Waals surface area contributed by atoms with E-state index in [1.54, 1.807) is 6.20 Å². The fraction of sp³-hybridized carbons (Fsp3) is 0.615. The third-order valence-electron chi connectivity index (χ3n) is 3.51. The Morgan fingerprint density at radius 3 is 3.12 bits per heavy atom. The molecule has 1 saturated heterocycles. The van der Waals surface area contributed by atoms with Crippen LogP contribution in [-0.2, 0) is 13.1 Å². The van der Waals surface area contributed by atoms with Crippen molar-refractivity contribution >= 4 is 0 Å². The summed E-state index contributed by atoms with van der Waals surface area (Å²) >= 11 is 0. The number of rotatable bonds is 4. The number of piperidine rings is 1. The summed E-state index contributed by atoms with van der Waals surface area (Å²) in [5.41, 5.74) is 7.85. The molecule has 94 valence electrons. The Balaban J connectivity index is 2.08. The van der Waals surface area contributed by atoms with Crippen molar-refractivity contribution in [3.8, 4) is 0 Å². The summed E-state index contributed by atoms with van der Waals surface area (Å²) in [6.07, 6.45) is 5.31. The second-order valence-electron chi connectivity index (χ2n) is 4.62. The van der Waals surface area contributed by atoms with Gasteiger partial charge in [0.25, 0.3) is 0 Å². The number of aromatic nitrogens is 1. The average molecular weight is 235 g/mol. The highest BCUT2D eigenvalue weighted by Crippen LogP contribution is 2.20. The smallest absolute Gasteiger partial charge is 0.0586 e. The van der Waals surface area contributed by atoms with Gasteiger partial charge in [0.15, 0.2) is 0 Å². The van der Waals surface area contributed by atoms with Gasteiger partial charge in [-0.2, -0.15) is 0 Å². The molecule has 0 amide bonds. The molecule has 4 heteroatoms. The maximum Gasteiger partial charge on any atom is 0.0586 e. The van der Waals surface area contributed by atoms with E-state index in [9.17, 15) is 5.11 Å². The lowest BCUT2D eigenvalue weighted by atomic mass is 10.0. The molecule has 1 aliphatic heterocycles. The third-order valence-corrected chi connectivity index (χ3v) is 3.51. The van der Waals surface area contributed by atoms with Crippen LogP contribution in [0.1, 0.15) is 30.5 Å². The SMILES string of the molecule is NCc1ncccc1CN1CCCCC1CO. The van der Waals surface area contributed by atoms with E-state index in [1.165, 1.54) is 18.4 Å². The normalized spacial score (nSPS) is 21.6. The third kappa shape index (κ3) is 3.03. The van der Waals surface area contributed by atoms with Crippen LogP contribution >= 0.6 is 0 Å². The van der Waals surface area contributed by atoms with E-state index >= 15 is 0 Å². The number of aliphatic hydroxyl groups is 1. The second-order valence-corrected chi connectivity index (χ2v) is 4.62. The Morgan fingerprint density at radius 1 is 1.47 bits per heavy atom. The molecule has 1 unspecified atom stereocenters. The van der Waals surface area contributed by atoms with Crippen LogP contribution in [-0.4, -0.2) is 34.2 Å². The zero-order chi connectivity index (χ0) is 12.1. The van der Waals surface area contributed by atoms with Gasteiger partial charge in [-0.15, -0.1) is 0 Å². The molecule has 4 nitrogen and oxygen atoms in total. The zero-order valence-electron chi connectivity index (χ0n) is 10.2. The molecular weight excluding hydrogens is 214 g/mol. The molecule has 3 N–H and O–H groups in total. The molecule has 0 saturated carbocycles. The van der Waals surface area contributed by atoms with Gasteiger partial charge in [0.2, 0.25) is 0 Å². The van der Waals surface area contributed by atoms with Crippen molar-refractivity contribution in [3.05, 3.63) is 29.6 Å². The predicted molar refractivity (Wildman–Crippen MR) is 67.3 cm³/mol. The zero-order valence-corrected chi connectivity index (χ0v) is 10.2. The highest BCUT2D eigenvalue weighted by atomic mass is 16.3. The Kier molecular flexibility index (Phi) is 4.48. The van der Waals surface area contributed by atoms with Crippen molar-refractivity contribution in [3.63, 3.8) is 0 Å². The molecule has 1 atom stereocenters.